The second-order valence-electron chi connectivity index (χ2n) is 6.68. The van der Waals surface area contributed by atoms with Crippen molar-refractivity contribution in [1.29, 1.82) is 0 Å². The van der Waals surface area contributed by atoms with Gasteiger partial charge in [-0.3, -0.25) is 14.3 Å². The molecule has 0 atom stereocenters. The summed E-state index contributed by atoms with van der Waals surface area (Å²) in [4.78, 5) is 31.7. The summed E-state index contributed by atoms with van der Waals surface area (Å²) in [6.45, 7) is 2.29. The van der Waals surface area contributed by atoms with Crippen LogP contribution in [0, 0.1) is 11.8 Å². The van der Waals surface area contributed by atoms with E-state index in [0.29, 0.717) is 41.6 Å². The molecular formula is C17H20N4O4. The lowest BCUT2D eigenvalue weighted by Gasteiger charge is -2.32. The number of likely N-dealkylation sites (tertiary alicyclic amines) is 1. The average Bonchev–Trinajstić information content (AvgIpc) is 3.41. The van der Waals surface area contributed by atoms with Crippen LogP contribution in [0.4, 0.5) is 0 Å². The van der Waals surface area contributed by atoms with Crippen LogP contribution in [0.3, 0.4) is 0 Å². The minimum Gasteiger partial charge on any atom is -0.492 e. The van der Waals surface area contributed by atoms with E-state index in [1.54, 1.807) is 18.3 Å². The van der Waals surface area contributed by atoms with E-state index in [2.05, 4.69) is 19.6 Å². The maximum atomic E-state index is 12.0. The van der Waals surface area contributed by atoms with E-state index in [4.69, 9.17) is 4.74 Å². The van der Waals surface area contributed by atoms with Crippen molar-refractivity contribution in [2.75, 3.05) is 19.7 Å². The molecule has 0 aromatic carbocycles. The number of aromatic nitrogens is 3. The summed E-state index contributed by atoms with van der Waals surface area (Å²) in [5.41, 5.74) is 0.519. The number of aromatic amines is 1. The van der Waals surface area contributed by atoms with Crippen molar-refractivity contribution in [2.45, 2.75) is 25.7 Å². The second-order valence-corrected chi connectivity index (χ2v) is 6.68. The Bertz CT molecular complexity index is 785. The van der Waals surface area contributed by atoms with Crippen LogP contribution in [0.5, 0.6) is 5.75 Å². The minimum absolute atomic E-state index is 0.296. The smallest absolute Gasteiger partial charge is 0.439 e. The first-order valence-corrected chi connectivity index (χ1v) is 8.63. The van der Waals surface area contributed by atoms with Crippen molar-refractivity contribution in [3.8, 4) is 17.3 Å². The number of nitrogens with one attached hydrogen (secondary N) is 1. The molecular weight excluding hydrogens is 324 g/mol. The van der Waals surface area contributed by atoms with Crippen molar-refractivity contribution < 1.29 is 14.1 Å². The monoisotopic (exact) mass is 344 g/mol. The molecule has 0 bridgehead atoms. The van der Waals surface area contributed by atoms with Gasteiger partial charge < -0.3 is 9.64 Å². The molecule has 2 aromatic rings. The number of nitrogens with zero attached hydrogens (tertiary/aromatic N) is 3. The molecule has 1 N–H and O–H groups in total. The Kier molecular flexibility index (Phi) is 4.25. The lowest BCUT2D eigenvalue weighted by atomic mass is 9.97. The van der Waals surface area contributed by atoms with Gasteiger partial charge >= 0.3 is 5.76 Å². The topological polar surface area (TPSA) is 101 Å². The molecule has 2 aliphatic rings. The van der Waals surface area contributed by atoms with Crippen LogP contribution in [0.2, 0.25) is 0 Å². The van der Waals surface area contributed by atoms with Gasteiger partial charge in [0.2, 0.25) is 11.7 Å². The summed E-state index contributed by atoms with van der Waals surface area (Å²) in [6.07, 6.45) is 5.68. The number of hydrogen-bond acceptors (Lipinski definition) is 6. The largest absolute Gasteiger partial charge is 0.492 e. The van der Waals surface area contributed by atoms with Crippen LogP contribution in [-0.4, -0.2) is 45.6 Å². The zero-order chi connectivity index (χ0) is 17.2. The number of pyridine rings is 1. The van der Waals surface area contributed by atoms with Gasteiger partial charge in [0.1, 0.15) is 11.4 Å². The van der Waals surface area contributed by atoms with Crippen molar-refractivity contribution in [1.82, 2.24) is 20.0 Å². The third kappa shape index (κ3) is 3.72. The van der Waals surface area contributed by atoms with Gasteiger partial charge in [-0.15, -0.1) is 0 Å². The van der Waals surface area contributed by atoms with E-state index in [9.17, 15) is 9.59 Å². The van der Waals surface area contributed by atoms with Gasteiger partial charge in [0.05, 0.1) is 12.8 Å². The molecule has 0 spiro atoms. The highest BCUT2D eigenvalue weighted by molar-refractivity contribution is 5.81. The quantitative estimate of drug-likeness (QED) is 0.881. The fourth-order valence-electron chi connectivity index (χ4n) is 3.07. The van der Waals surface area contributed by atoms with E-state index in [1.165, 1.54) is 0 Å². The number of rotatable bonds is 5. The number of ether oxygens (including phenoxy) is 1. The molecule has 1 saturated carbocycles. The first-order valence-electron chi connectivity index (χ1n) is 8.63. The van der Waals surface area contributed by atoms with Crippen molar-refractivity contribution in [2.24, 2.45) is 11.8 Å². The van der Waals surface area contributed by atoms with Crippen LogP contribution in [0.1, 0.15) is 25.7 Å². The molecule has 2 fully saturated rings. The van der Waals surface area contributed by atoms with Crippen LogP contribution >= 0.6 is 0 Å². The molecule has 8 heteroatoms. The molecule has 132 valence electrons. The van der Waals surface area contributed by atoms with E-state index >= 15 is 0 Å². The average molecular weight is 344 g/mol. The van der Waals surface area contributed by atoms with E-state index in [1.807, 2.05) is 4.90 Å². The summed E-state index contributed by atoms with van der Waals surface area (Å²) in [7, 11) is 0. The molecule has 4 rings (SSSR count). The summed E-state index contributed by atoms with van der Waals surface area (Å²) in [5, 5.41) is 3.59. The number of hydrogen-bond donors (Lipinski definition) is 1. The zero-order valence-electron chi connectivity index (χ0n) is 13.8. The summed E-state index contributed by atoms with van der Waals surface area (Å²) >= 11 is 0. The molecule has 0 unspecified atom stereocenters. The molecule has 25 heavy (non-hydrogen) atoms. The maximum Gasteiger partial charge on any atom is 0.439 e. The molecule has 1 aliphatic heterocycles. The lowest BCUT2D eigenvalue weighted by Crippen LogP contribution is -2.40. The summed E-state index contributed by atoms with van der Waals surface area (Å²) < 4.78 is 10.3. The lowest BCUT2D eigenvalue weighted by molar-refractivity contribution is -0.134. The Morgan fingerprint density at radius 1 is 1.28 bits per heavy atom. The Balaban J connectivity index is 1.26. The van der Waals surface area contributed by atoms with Crippen LogP contribution in [0.25, 0.3) is 11.5 Å². The van der Waals surface area contributed by atoms with Crippen LogP contribution < -0.4 is 10.5 Å². The third-order valence-electron chi connectivity index (χ3n) is 4.76. The zero-order valence-corrected chi connectivity index (χ0v) is 13.8. The molecule has 2 aromatic heterocycles. The number of carbonyl (C=O) groups excluding carboxylic acids is 1. The maximum absolute atomic E-state index is 12.0. The van der Waals surface area contributed by atoms with Gasteiger partial charge in [-0.25, -0.2) is 9.78 Å². The molecule has 1 amide bonds. The van der Waals surface area contributed by atoms with E-state index in [-0.39, 0.29) is 0 Å². The van der Waals surface area contributed by atoms with Gasteiger partial charge in [0, 0.05) is 19.0 Å². The number of H-pyrrole nitrogens is 1. The normalized spacial score (nSPS) is 18.3. The molecule has 0 radical (unpaired) electrons. The van der Waals surface area contributed by atoms with Gasteiger partial charge in [0.25, 0.3) is 0 Å². The highest BCUT2D eigenvalue weighted by Crippen LogP contribution is 2.32. The standard InChI is InChI=1S/C17H20N4O4/c22-16(12-1-2-12)21-7-5-11(6-8-21)10-24-13-3-4-14(18-9-13)15-19-17(23)25-20-15/h3-4,9,11-12H,1-2,5-8,10H2,(H,19,20,23). The minimum atomic E-state index is -0.608. The molecule has 1 saturated heterocycles. The predicted octanol–water partition coefficient (Wildman–Crippen LogP) is 1.45. The highest BCUT2D eigenvalue weighted by Gasteiger charge is 2.34. The van der Waals surface area contributed by atoms with Gasteiger partial charge in [-0.1, -0.05) is 5.16 Å². The van der Waals surface area contributed by atoms with E-state index < -0.39 is 5.76 Å². The second kappa shape index (κ2) is 6.70. The Morgan fingerprint density at radius 2 is 2.08 bits per heavy atom. The molecule has 8 nitrogen and oxygen atoms in total. The molecule has 1 aliphatic carbocycles. The molecule has 3 heterocycles. The fraction of sp³-hybridized carbons (Fsp3) is 0.529. The summed E-state index contributed by atoms with van der Waals surface area (Å²) in [6, 6.07) is 3.51. The third-order valence-corrected chi connectivity index (χ3v) is 4.76. The number of carbonyl (C=O) groups is 1. The van der Waals surface area contributed by atoms with Crippen molar-refractivity contribution in [3.63, 3.8) is 0 Å². The van der Waals surface area contributed by atoms with Crippen LogP contribution in [0.15, 0.2) is 27.6 Å². The van der Waals surface area contributed by atoms with Gasteiger partial charge in [0.15, 0.2) is 0 Å². The predicted molar refractivity (Wildman–Crippen MR) is 87.9 cm³/mol. The van der Waals surface area contributed by atoms with E-state index in [0.717, 1.165) is 38.8 Å². The van der Waals surface area contributed by atoms with Crippen molar-refractivity contribution in [3.05, 3.63) is 28.9 Å². The van der Waals surface area contributed by atoms with Gasteiger partial charge in [-0.2, -0.15) is 0 Å². The van der Waals surface area contributed by atoms with Crippen LogP contribution in [-0.2, 0) is 4.79 Å². The first kappa shape index (κ1) is 15.9. The number of piperidine rings is 1. The Labute approximate surface area is 144 Å². The Hall–Kier alpha value is -2.64. The SMILES string of the molecule is O=C(C1CC1)N1CCC(COc2ccc(-c3noc(=O)[nH]3)nc2)CC1. The Morgan fingerprint density at radius 3 is 2.68 bits per heavy atom. The highest BCUT2D eigenvalue weighted by atomic mass is 16.5. The fourth-order valence-corrected chi connectivity index (χ4v) is 3.07. The number of amides is 1. The first-order chi connectivity index (χ1) is 12.2. The summed E-state index contributed by atoms with van der Waals surface area (Å²) in [5.74, 6) is 1.45. The van der Waals surface area contributed by atoms with Gasteiger partial charge in [-0.05, 0) is 43.7 Å². The van der Waals surface area contributed by atoms with Crippen molar-refractivity contribution >= 4 is 5.91 Å².